The van der Waals surface area contributed by atoms with E-state index in [9.17, 15) is 14.7 Å². The maximum atomic E-state index is 13.3. The minimum Gasteiger partial charge on any atom is -0.507 e. The fourth-order valence-electron chi connectivity index (χ4n) is 4.11. The number of benzene rings is 3. The van der Waals surface area contributed by atoms with Crippen LogP contribution < -0.4 is 14.4 Å². The van der Waals surface area contributed by atoms with Crippen molar-refractivity contribution in [2.24, 2.45) is 5.92 Å². The normalized spacial score (nSPS) is 17.2. The molecule has 0 aromatic heterocycles. The molecule has 0 aliphatic carbocycles. The highest BCUT2D eigenvalue weighted by Gasteiger charge is 2.47. The topological polar surface area (TPSA) is 76.1 Å². The molecule has 1 saturated heterocycles. The largest absolute Gasteiger partial charge is 0.507 e. The monoisotopic (exact) mass is 471 g/mol. The van der Waals surface area contributed by atoms with Crippen molar-refractivity contribution in [2.75, 3.05) is 18.6 Å². The van der Waals surface area contributed by atoms with Crippen molar-refractivity contribution in [1.29, 1.82) is 0 Å². The molecule has 180 valence electrons. The van der Waals surface area contributed by atoms with Crippen LogP contribution in [0.25, 0.3) is 5.76 Å². The zero-order valence-electron chi connectivity index (χ0n) is 20.3. The van der Waals surface area contributed by atoms with Gasteiger partial charge < -0.3 is 14.6 Å². The van der Waals surface area contributed by atoms with Gasteiger partial charge in [-0.1, -0.05) is 38.1 Å². The van der Waals surface area contributed by atoms with Gasteiger partial charge in [0, 0.05) is 11.3 Å². The Labute approximate surface area is 205 Å². The molecular weight excluding hydrogens is 442 g/mol. The predicted molar refractivity (Wildman–Crippen MR) is 136 cm³/mol. The van der Waals surface area contributed by atoms with E-state index in [1.807, 2.05) is 25.1 Å². The van der Waals surface area contributed by atoms with Gasteiger partial charge in [0.15, 0.2) is 0 Å². The molecule has 6 nitrogen and oxygen atoms in total. The summed E-state index contributed by atoms with van der Waals surface area (Å²) in [7, 11) is 1.57. The fraction of sp³-hybridized carbons (Fsp3) is 0.241. The summed E-state index contributed by atoms with van der Waals surface area (Å²) in [4.78, 5) is 28.0. The molecule has 4 rings (SSSR count). The van der Waals surface area contributed by atoms with Gasteiger partial charge in [0.1, 0.15) is 17.3 Å². The summed E-state index contributed by atoms with van der Waals surface area (Å²) in [6, 6.07) is 20.6. The number of nitrogens with zero attached hydrogens (tertiary/aromatic N) is 1. The Morgan fingerprint density at radius 1 is 0.971 bits per heavy atom. The summed E-state index contributed by atoms with van der Waals surface area (Å²) in [5.41, 5.74) is 2.70. The number of ether oxygens (including phenoxy) is 2. The molecule has 3 aromatic rings. The summed E-state index contributed by atoms with van der Waals surface area (Å²) in [5, 5.41) is 11.3. The van der Waals surface area contributed by atoms with Gasteiger partial charge in [-0.25, -0.2) is 0 Å². The van der Waals surface area contributed by atoms with Crippen LogP contribution in [0, 0.1) is 12.8 Å². The van der Waals surface area contributed by atoms with E-state index < -0.39 is 17.7 Å². The molecule has 6 heteroatoms. The first-order valence-corrected chi connectivity index (χ1v) is 11.5. The van der Waals surface area contributed by atoms with Crippen molar-refractivity contribution < 1.29 is 24.2 Å². The Morgan fingerprint density at radius 3 is 2.23 bits per heavy atom. The number of hydrogen-bond acceptors (Lipinski definition) is 5. The van der Waals surface area contributed by atoms with Crippen molar-refractivity contribution in [3.63, 3.8) is 0 Å². The number of hydrogen-bond donors (Lipinski definition) is 1. The predicted octanol–water partition coefficient (Wildman–Crippen LogP) is 5.66. The van der Waals surface area contributed by atoms with Crippen LogP contribution >= 0.6 is 0 Å². The lowest BCUT2D eigenvalue weighted by molar-refractivity contribution is -0.132. The molecule has 1 N–H and O–H groups in total. The van der Waals surface area contributed by atoms with Crippen molar-refractivity contribution in [1.82, 2.24) is 0 Å². The average Bonchev–Trinajstić information content (AvgIpc) is 3.13. The van der Waals surface area contributed by atoms with Gasteiger partial charge >= 0.3 is 0 Å². The minimum absolute atomic E-state index is 0.0394. The number of carbonyl (C=O) groups excluding carboxylic acids is 2. The SMILES string of the molecule is COc1ccc(C2/C(=C(\O)c3ccc(OCC(C)C)cc3)C(=O)C(=O)N2c2cccc(C)c2)cc1. The van der Waals surface area contributed by atoms with Gasteiger partial charge in [0.25, 0.3) is 11.7 Å². The van der Waals surface area contributed by atoms with E-state index in [1.54, 1.807) is 61.7 Å². The number of amides is 1. The lowest BCUT2D eigenvalue weighted by Gasteiger charge is -2.26. The highest BCUT2D eigenvalue weighted by Crippen LogP contribution is 2.42. The Kier molecular flexibility index (Phi) is 6.92. The first-order chi connectivity index (χ1) is 16.8. The van der Waals surface area contributed by atoms with Crippen LogP contribution in [-0.2, 0) is 9.59 Å². The number of anilines is 1. The Balaban J connectivity index is 1.82. The zero-order valence-corrected chi connectivity index (χ0v) is 20.3. The van der Waals surface area contributed by atoms with Crippen LogP contribution in [-0.4, -0.2) is 30.5 Å². The van der Waals surface area contributed by atoms with Gasteiger partial charge in [0.2, 0.25) is 0 Å². The van der Waals surface area contributed by atoms with E-state index in [2.05, 4.69) is 13.8 Å². The van der Waals surface area contributed by atoms with Gasteiger partial charge in [0.05, 0.1) is 25.3 Å². The number of rotatable bonds is 7. The number of methoxy groups -OCH3 is 1. The molecule has 0 radical (unpaired) electrons. The third-order valence-electron chi connectivity index (χ3n) is 5.87. The summed E-state index contributed by atoms with van der Waals surface area (Å²) in [6.07, 6.45) is 0. The number of aliphatic hydroxyl groups excluding tert-OH is 1. The molecule has 1 amide bonds. The molecule has 35 heavy (non-hydrogen) atoms. The summed E-state index contributed by atoms with van der Waals surface area (Å²) >= 11 is 0. The second-order valence-corrected chi connectivity index (χ2v) is 9.01. The first-order valence-electron chi connectivity index (χ1n) is 11.5. The summed E-state index contributed by atoms with van der Waals surface area (Å²) < 4.78 is 11.0. The smallest absolute Gasteiger partial charge is 0.300 e. The number of aliphatic hydroxyl groups is 1. The average molecular weight is 472 g/mol. The second-order valence-electron chi connectivity index (χ2n) is 9.01. The van der Waals surface area contributed by atoms with Crippen molar-refractivity contribution in [3.8, 4) is 11.5 Å². The van der Waals surface area contributed by atoms with Crippen molar-refractivity contribution in [2.45, 2.75) is 26.8 Å². The van der Waals surface area contributed by atoms with Crippen LogP contribution in [0.15, 0.2) is 78.4 Å². The summed E-state index contributed by atoms with van der Waals surface area (Å²) in [5.74, 6) is 0.0557. The zero-order chi connectivity index (χ0) is 25.1. The number of carbonyl (C=O) groups is 2. The molecule has 1 aliphatic heterocycles. The lowest BCUT2D eigenvalue weighted by Crippen LogP contribution is -2.29. The standard InChI is InChI=1S/C29H29NO5/c1-18(2)17-35-24-14-10-21(11-15-24)27(31)25-26(20-8-12-23(34-4)13-9-20)30(29(33)28(25)32)22-7-5-6-19(3)16-22/h5-16,18,26,31H,17H2,1-4H3/b27-25+. The molecule has 0 saturated carbocycles. The summed E-state index contributed by atoms with van der Waals surface area (Å²) in [6.45, 7) is 6.62. The second kappa shape index (κ2) is 10.1. The van der Waals surface area contributed by atoms with Crippen LogP contribution in [0.3, 0.4) is 0 Å². The van der Waals surface area contributed by atoms with E-state index in [4.69, 9.17) is 9.47 Å². The number of ketones is 1. The molecule has 0 spiro atoms. The maximum Gasteiger partial charge on any atom is 0.300 e. The molecule has 3 aromatic carbocycles. The van der Waals surface area contributed by atoms with Crippen LogP contribution in [0.4, 0.5) is 5.69 Å². The number of Topliss-reactive ketones (excluding diaryl/α,β-unsaturated/α-hetero) is 1. The van der Waals surface area contributed by atoms with Crippen LogP contribution in [0.5, 0.6) is 11.5 Å². The molecule has 1 atom stereocenters. The van der Waals surface area contributed by atoms with Gasteiger partial charge in [-0.2, -0.15) is 0 Å². The van der Waals surface area contributed by atoms with Gasteiger partial charge in [-0.15, -0.1) is 0 Å². The highest BCUT2D eigenvalue weighted by molar-refractivity contribution is 6.51. The quantitative estimate of drug-likeness (QED) is 0.273. The number of aryl methyl sites for hydroxylation is 1. The van der Waals surface area contributed by atoms with E-state index in [0.717, 1.165) is 5.56 Å². The third-order valence-corrected chi connectivity index (χ3v) is 5.87. The van der Waals surface area contributed by atoms with Crippen LogP contribution in [0.2, 0.25) is 0 Å². The lowest BCUT2D eigenvalue weighted by atomic mass is 9.95. The molecule has 1 aliphatic rings. The molecular formula is C29H29NO5. The Morgan fingerprint density at radius 2 is 1.63 bits per heavy atom. The van der Waals surface area contributed by atoms with Crippen LogP contribution in [0.1, 0.15) is 36.6 Å². The van der Waals surface area contributed by atoms with E-state index in [-0.39, 0.29) is 11.3 Å². The minimum atomic E-state index is -0.792. The van der Waals surface area contributed by atoms with Crippen molar-refractivity contribution >= 4 is 23.1 Å². The van der Waals surface area contributed by atoms with Crippen molar-refractivity contribution in [3.05, 3.63) is 95.1 Å². The van der Waals surface area contributed by atoms with Gasteiger partial charge in [-0.3, -0.25) is 14.5 Å². The Bertz CT molecular complexity index is 1260. The van der Waals surface area contributed by atoms with E-state index in [0.29, 0.717) is 40.8 Å². The molecule has 1 unspecified atom stereocenters. The highest BCUT2D eigenvalue weighted by atomic mass is 16.5. The Hall–Kier alpha value is -4.06. The molecule has 1 heterocycles. The fourth-order valence-corrected chi connectivity index (χ4v) is 4.11. The van der Waals surface area contributed by atoms with E-state index >= 15 is 0 Å². The van der Waals surface area contributed by atoms with Gasteiger partial charge in [-0.05, 0) is 72.5 Å². The van der Waals surface area contributed by atoms with E-state index in [1.165, 1.54) is 4.90 Å². The molecule has 1 fully saturated rings. The molecule has 0 bridgehead atoms. The third kappa shape index (κ3) is 4.92. The first kappa shape index (κ1) is 24.1. The maximum absolute atomic E-state index is 13.3.